The summed E-state index contributed by atoms with van der Waals surface area (Å²) in [6.45, 7) is 0. The molecule has 4 N–H and O–H groups in total. The Kier molecular flexibility index (Phi) is 24.3. The van der Waals surface area contributed by atoms with Crippen molar-refractivity contribution < 1.29 is 19.5 Å². The first kappa shape index (κ1) is 16.0. The van der Waals surface area contributed by atoms with E-state index in [2.05, 4.69) is 23.7 Å². The Labute approximate surface area is 60.8 Å². The van der Waals surface area contributed by atoms with Gasteiger partial charge in [0, 0.05) is 0 Å². The molecule has 0 atom stereocenters. The Morgan fingerprint density at radius 2 is 1.33 bits per heavy atom. The second kappa shape index (κ2) is 9.14. The standard InChI is InChI=1S/CH4N2S.ClH.Zn/c2-1(3)4;;/h(H4,2,3,4);1H;/q;;+2. The van der Waals surface area contributed by atoms with Crippen molar-refractivity contribution in [1.29, 1.82) is 0 Å². The summed E-state index contributed by atoms with van der Waals surface area (Å²) in [5.74, 6) is 0. The molecule has 0 fully saturated rings. The molecule has 0 saturated carbocycles. The molecular weight excluding hydrogens is 173 g/mol. The molecule has 0 rings (SSSR count). The monoisotopic (exact) mass is 176 g/mol. The van der Waals surface area contributed by atoms with Gasteiger partial charge in [-0.2, -0.15) is 0 Å². The fourth-order valence-corrected chi connectivity index (χ4v) is 0. The van der Waals surface area contributed by atoms with E-state index < -0.39 is 0 Å². The minimum atomic E-state index is 0. The van der Waals surface area contributed by atoms with Gasteiger partial charge in [-0.05, 0) is 12.2 Å². The van der Waals surface area contributed by atoms with Crippen LogP contribution in [0.4, 0.5) is 0 Å². The summed E-state index contributed by atoms with van der Waals surface area (Å²) in [7, 11) is 0. The van der Waals surface area contributed by atoms with Gasteiger partial charge in [0.15, 0.2) is 5.11 Å². The molecule has 0 aliphatic carbocycles. The van der Waals surface area contributed by atoms with Crippen LogP contribution < -0.4 is 11.5 Å². The van der Waals surface area contributed by atoms with E-state index in [1.165, 1.54) is 0 Å². The first-order valence-electron chi connectivity index (χ1n) is 0.781. The van der Waals surface area contributed by atoms with E-state index in [1.54, 1.807) is 0 Å². The third-order valence-corrected chi connectivity index (χ3v) is 0. The van der Waals surface area contributed by atoms with Crippen LogP contribution in [0.2, 0.25) is 0 Å². The second-order valence-corrected chi connectivity index (χ2v) is 0.874. The first-order chi connectivity index (χ1) is 1.73. The Bertz CT molecular complexity index is 36.5. The number of hydrogen-bond acceptors (Lipinski definition) is 1. The third-order valence-electron chi connectivity index (χ3n) is 0. The smallest absolute Gasteiger partial charge is 0.377 e. The molecule has 0 aromatic heterocycles. The van der Waals surface area contributed by atoms with Gasteiger partial charge >= 0.3 is 19.5 Å². The number of hydrogen-bond donors (Lipinski definition) is 2. The largest absolute Gasteiger partial charge is 2.00 e. The molecule has 0 bridgehead atoms. The number of rotatable bonds is 0. The first-order valence-corrected chi connectivity index (χ1v) is 1.19. The number of halogens is 1. The van der Waals surface area contributed by atoms with Crippen LogP contribution in [0.1, 0.15) is 0 Å². The summed E-state index contributed by atoms with van der Waals surface area (Å²) in [4.78, 5) is 0. The van der Waals surface area contributed by atoms with Gasteiger partial charge in [0.25, 0.3) is 0 Å². The Morgan fingerprint density at radius 3 is 1.33 bits per heavy atom. The van der Waals surface area contributed by atoms with Gasteiger partial charge in [0.1, 0.15) is 0 Å². The summed E-state index contributed by atoms with van der Waals surface area (Å²) in [5.41, 5.74) is 9.24. The average molecular weight is 178 g/mol. The van der Waals surface area contributed by atoms with Gasteiger partial charge in [0.2, 0.25) is 0 Å². The van der Waals surface area contributed by atoms with E-state index in [1.807, 2.05) is 0 Å². The third kappa shape index (κ3) is 164. The van der Waals surface area contributed by atoms with E-state index in [9.17, 15) is 0 Å². The minimum Gasteiger partial charge on any atom is -0.377 e. The van der Waals surface area contributed by atoms with Crippen molar-refractivity contribution in [2.75, 3.05) is 0 Å². The molecule has 0 aromatic carbocycles. The van der Waals surface area contributed by atoms with Crippen LogP contribution in [-0.4, -0.2) is 5.11 Å². The van der Waals surface area contributed by atoms with E-state index in [-0.39, 0.29) is 37.0 Å². The van der Waals surface area contributed by atoms with Gasteiger partial charge < -0.3 is 11.5 Å². The maximum atomic E-state index is 4.62. The zero-order chi connectivity index (χ0) is 3.58. The fourth-order valence-electron chi connectivity index (χ4n) is 0. The van der Waals surface area contributed by atoms with Crippen LogP contribution in [-0.2, 0) is 19.5 Å². The van der Waals surface area contributed by atoms with Crippen molar-refractivity contribution >= 4 is 29.7 Å². The molecule has 0 aromatic rings. The average Bonchev–Trinajstić information content (AvgIpc) is 0.811. The van der Waals surface area contributed by atoms with Crippen LogP contribution in [0.15, 0.2) is 0 Å². The summed E-state index contributed by atoms with van der Waals surface area (Å²) in [5, 5.41) is 0.000000000000000222. The number of thiocarbonyl (C=S) groups is 1. The van der Waals surface area contributed by atoms with Crippen LogP contribution in [0.3, 0.4) is 0 Å². The predicted molar refractivity (Wildman–Crippen MR) is 28.2 cm³/mol. The molecule has 5 heteroatoms. The quantitative estimate of drug-likeness (QED) is 0.392. The second-order valence-electron chi connectivity index (χ2n) is 0.402. The number of nitrogens with two attached hydrogens (primary N) is 2. The molecule has 0 heterocycles. The summed E-state index contributed by atoms with van der Waals surface area (Å²) in [6, 6.07) is 0. The van der Waals surface area contributed by atoms with Crippen LogP contribution in [0.25, 0.3) is 0 Å². The molecular formula is CH5ClN2SZn+2. The van der Waals surface area contributed by atoms with Crippen molar-refractivity contribution in [3.8, 4) is 0 Å². The molecule has 0 radical (unpaired) electrons. The normalized spacial score (nSPS) is 4.00. The van der Waals surface area contributed by atoms with Crippen molar-refractivity contribution in [3.05, 3.63) is 0 Å². The molecule has 2 nitrogen and oxygen atoms in total. The molecule has 0 spiro atoms. The summed E-state index contributed by atoms with van der Waals surface area (Å²) < 4.78 is 0. The Morgan fingerprint density at radius 1 is 1.33 bits per heavy atom. The Balaban J connectivity index is -0.0000000450. The van der Waals surface area contributed by atoms with Crippen LogP contribution in [0, 0.1) is 0 Å². The molecule has 0 saturated heterocycles. The zero-order valence-corrected chi connectivity index (χ0v) is 7.78. The topological polar surface area (TPSA) is 52.0 Å². The van der Waals surface area contributed by atoms with Gasteiger partial charge in [-0.3, -0.25) is 0 Å². The van der Waals surface area contributed by atoms with Gasteiger partial charge in [-0.25, -0.2) is 0 Å². The van der Waals surface area contributed by atoms with Gasteiger partial charge in [0.05, 0.1) is 0 Å². The van der Waals surface area contributed by atoms with Crippen LogP contribution >= 0.6 is 24.6 Å². The molecule has 32 valence electrons. The van der Waals surface area contributed by atoms with Crippen molar-refractivity contribution in [3.63, 3.8) is 0 Å². The van der Waals surface area contributed by atoms with E-state index in [0.717, 1.165) is 0 Å². The maximum Gasteiger partial charge on any atom is 2.00 e. The van der Waals surface area contributed by atoms with Gasteiger partial charge in [-0.1, -0.05) is 0 Å². The fraction of sp³-hybridized carbons (Fsp3) is 0. The molecule has 0 aliphatic heterocycles. The van der Waals surface area contributed by atoms with Crippen molar-refractivity contribution in [2.24, 2.45) is 11.5 Å². The van der Waals surface area contributed by atoms with Gasteiger partial charge in [-0.15, -0.1) is 12.4 Å². The van der Waals surface area contributed by atoms with E-state index in [4.69, 9.17) is 0 Å². The SMILES string of the molecule is Cl.NC(N)=S.[Zn+2]. The molecule has 0 aliphatic rings. The zero-order valence-electron chi connectivity index (χ0n) is 3.18. The minimum absolute atomic E-state index is 0. The molecule has 6 heavy (non-hydrogen) atoms. The molecule has 0 unspecified atom stereocenters. The predicted octanol–water partition coefficient (Wildman–Crippen LogP) is -0.392. The molecule has 0 amide bonds. The summed E-state index contributed by atoms with van der Waals surface area (Å²) >= 11 is 4.09. The summed E-state index contributed by atoms with van der Waals surface area (Å²) in [6.07, 6.45) is 0. The Hall–Kier alpha value is 0.603. The van der Waals surface area contributed by atoms with Crippen molar-refractivity contribution in [1.82, 2.24) is 0 Å². The van der Waals surface area contributed by atoms with E-state index >= 15 is 0 Å². The van der Waals surface area contributed by atoms with E-state index in [0.29, 0.717) is 0 Å². The van der Waals surface area contributed by atoms with Crippen LogP contribution in [0.5, 0.6) is 0 Å². The van der Waals surface area contributed by atoms with Crippen molar-refractivity contribution in [2.45, 2.75) is 0 Å². The maximum absolute atomic E-state index is 4.62.